The molecule has 0 aromatic rings. The van der Waals surface area contributed by atoms with Gasteiger partial charge in [0.05, 0.1) is 32.5 Å². The monoisotopic (exact) mass is 691 g/mol. The van der Waals surface area contributed by atoms with Crippen LogP contribution in [0.15, 0.2) is 0 Å². The van der Waals surface area contributed by atoms with Crippen LogP contribution in [-0.2, 0) is 38.0 Å². The Morgan fingerprint density at radius 1 is 0.574 bits per heavy atom. The summed E-state index contributed by atoms with van der Waals surface area (Å²) in [5.74, 6) is -0.714. The molecule has 0 aromatic carbocycles. The van der Waals surface area contributed by atoms with E-state index in [0.29, 0.717) is 0 Å². The van der Waals surface area contributed by atoms with E-state index in [2.05, 4.69) is 5.32 Å². The van der Waals surface area contributed by atoms with E-state index in [4.69, 9.17) is 33.2 Å². The molecule has 4 heterocycles. The fourth-order valence-corrected chi connectivity index (χ4v) is 5.91. The van der Waals surface area contributed by atoms with Crippen LogP contribution in [0.2, 0.25) is 0 Å². The van der Waals surface area contributed by atoms with Gasteiger partial charge in [-0.05, 0) is 0 Å². The molecule has 0 radical (unpaired) electrons. The number of carbonyl (C=O) groups excluding carboxylic acids is 1. The minimum Gasteiger partial charge on any atom is -0.394 e. The van der Waals surface area contributed by atoms with Crippen LogP contribution >= 0.6 is 0 Å². The predicted octanol–water partition coefficient (Wildman–Crippen LogP) is -8.58. The zero-order chi connectivity index (χ0) is 34.7. The molecule has 1 unspecified atom stereocenters. The summed E-state index contributed by atoms with van der Waals surface area (Å²) >= 11 is 0. The van der Waals surface area contributed by atoms with Gasteiger partial charge in [0.1, 0.15) is 85.4 Å². The molecule has 0 spiro atoms. The standard InChI is InChI=1S/C26H45NO20/c1-7(32)27-14-21(46-24-9(34)2-8(33)10(3-28)42-24)15(35)11(4-29)43-25(14)47-22-16(36)12(5-30)44-26(19(22)39)45-20-13(6-31)41-23(40)18(38)17(20)37/h8-26,28-31,33-40H,2-6H2,1H3,(H,27,32)/t8-,9-,10-,11-,12-,13-,14-,15-,16+,17-,18-,19-,20-,21-,22+,23?,24+,25+,26+/m1/s1. The Hall–Kier alpha value is -1.29. The van der Waals surface area contributed by atoms with Crippen molar-refractivity contribution in [2.24, 2.45) is 0 Å². The number of hydrogen-bond donors (Lipinski definition) is 13. The van der Waals surface area contributed by atoms with Gasteiger partial charge in [-0.1, -0.05) is 0 Å². The van der Waals surface area contributed by atoms with E-state index >= 15 is 0 Å². The first-order valence-electron chi connectivity index (χ1n) is 15.0. The number of carbonyl (C=O) groups is 1. The first-order chi connectivity index (χ1) is 22.3. The Labute approximate surface area is 267 Å². The van der Waals surface area contributed by atoms with Gasteiger partial charge in [0, 0.05) is 13.3 Å². The van der Waals surface area contributed by atoms with Gasteiger partial charge < -0.3 is 99.8 Å². The van der Waals surface area contributed by atoms with Crippen molar-refractivity contribution in [3.8, 4) is 0 Å². The van der Waals surface area contributed by atoms with Crippen LogP contribution in [0, 0.1) is 0 Å². The number of ether oxygens (including phenoxy) is 7. The zero-order valence-corrected chi connectivity index (χ0v) is 25.1. The summed E-state index contributed by atoms with van der Waals surface area (Å²) in [6, 6.07) is -1.52. The van der Waals surface area contributed by atoms with Crippen molar-refractivity contribution in [3.05, 3.63) is 0 Å². The minimum atomic E-state index is -2.00. The molecule has 0 aromatic heterocycles. The molecule has 1 amide bonds. The summed E-state index contributed by atoms with van der Waals surface area (Å²) < 4.78 is 39.0. The maximum absolute atomic E-state index is 12.3. The van der Waals surface area contributed by atoms with Crippen LogP contribution in [0.3, 0.4) is 0 Å². The van der Waals surface area contributed by atoms with Crippen molar-refractivity contribution in [2.45, 2.75) is 130 Å². The molecular formula is C26H45NO20. The smallest absolute Gasteiger partial charge is 0.217 e. The lowest BCUT2D eigenvalue weighted by molar-refractivity contribution is -0.377. The summed E-state index contributed by atoms with van der Waals surface area (Å²) in [6.45, 7) is -2.10. The third-order valence-electron chi connectivity index (χ3n) is 8.47. The molecule has 274 valence electrons. The largest absolute Gasteiger partial charge is 0.394 e. The van der Waals surface area contributed by atoms with Crippen LogP contribution in [0.1, 0.15) is 13.3 Å². The second kappa shape index (κ2) is 16.6. The second-order valence-corrected chi connectivity index (χ2v) is 11.8. The van der Waals surface area contributed by atoms with Crippen LogP contribution in [0.4, 0.5) is 0 Å². The van der Waals surface area contributed by atoms with Crippen molar-refractivity contribution in [1.29, 1.82) is 0 Å². The Bertz CT molecular complexity index is 996. The third kappa shape index (κ3) is 8.37. The summed E-state index contributed by atoms with van der Waals surface area (Å²) in [5, 5.41) is 126. The van der Waals surface area contributed by atoms with Crippen molar-refractivity contribution < 1.29 is 99.2 Å². The molecule has 13 N–H and O–H groups in total. The SMILES string of the molecule is CC(=O)N[C@H]1[C@H](O[C@H]2[C@@H](O)[C@@H](CO)O[C@@H](O[C@H]3[C@H](O)[C@@H](O)C(O)O[C@@H]3CO)[C@@H]2O)O[C@H](CO)[C@@H](O)[C@@H]1O[C@@H]1O[C@H](CO)[C@H](O)C[C@H]1O. The summed E-state index contributed by atoms with van der Waals surface area (Å²) in [4.78, 5) is 12.3. The highest BCUT2D eigenvalue weighted by Gasteiger charge is 2.55. The van der Waals surface area contributed by atoms with Gasteiger partial charge in [0.15, 0.2) is 25.2 Å². The zero-order valence-electron chi connectivity index (χ0n) is 25.1. The lowest BCUT2D eigenvalue weighted by Gasteiger charge is -2.49. The highest BCUT2D eigenvalue weighted by atomic mass is 16.8. The molecule has 47 heavy (non-hydrogen) atoms. The molecule has 4 saturated heterocycles. The Morgan fingerprint density at radius 2 is 1.09 bits per heavy atom. The quantitative estimate of drug-likeness (QED) is 0.0956. The highest BCUT2D eigenvalue weighted by molar-refractivity contribution is 5.73. The predicted molar refractivity (Wildman–Crippen MR) is 144 cm³/mol. The average molecular weight is 692 g/mol. The van der Waals surface area contributed by atoms with Gasteiger partial charge in [-0.25, -0.2) is 0 Å². The summed E-state index contributed by atoms with van der Waals surface area (Å²) in [6.07, 6.45) is -30.1. The average Bonchev–Trinajstić information content (AvgIpc) is 3.03. The van der Waals surface area contributed by atoms with E-state index in [1.807, 2.05) is 0 Å². The van der Waals surface area contributed by atoms with E-state index in [9.17, 15) is 66.1 Å². The van der Waals surface area contributed by atoms with Gasteiger partial charge in [-0.15, -0.1) is 0 Å². The number of aliphatic hydroxyl groups is 12. The van der Waals surface area contributed by atoms with Gasteiger partial charge in [0.25, 0.3) is 0 Å². The molecule has 4 rings (SSSR count). The fraction of sp³-hybridized carbons (Fsp3) is 0.962. The van der Waals surface area contributed by atoms with Gasteiger partial charge in [-0.2, -0.15) is 0 Å². The molecule has 0 saturated carbocycles. The van der Waals surface area contributed by atoms with Crippen molar-refractivity contribution in [2.75, 3.05) is 26.4 Å². The number of nitrogens with one attached hydrogen (secondary N) is 1. The van der Waals surface area contributed by atoms with E-state index < -0.39 is 149 Å². The Balaban J connectivity index is 1.60. The number of amides is 1. The minimum absolute atomic E-state index is 0.290. The Morgan fingerprint density at radius 3 is 1.66 bits per heavy atom. The topological polar surface area (TPSA) is 336 Å². The first kappa shape index (κ1) is 38.5. The highest BCUT2D eigenvalue weighted by Crippen LogP contribution is 2.34. The van der Waals surface area contributed by atoms with Crippen LogP contribution in [-0.4, -0.2) is 210 Å². The second-order valence-electron chi connectivity index (χ2n) is 11.8. The lowest BCUT2D eigenvalue weighted by Crippen LogP contribution is -2.69. The van der Waals surface area contributed by atoms with Gasteiger partial charge >= 0.3 is 0 Å². The van der Waals surface area contributed by atoms with Crippen molar-refractivity contribution in [3.63, 3.8) is 0 Å². The molecule has 4 aliphatic rings. The van der Waals surface area contributed by atoms with Crippen LogP contribution < -0.4 is 5.32 Å². The molecule has 19 atom stereocenters. The van der Waals surface area contributed by atoms with Crippen LogP contribution in [0.25, 0.3) is 0 Å². The number of aliphatic hydroxyl groups excluding tert-OH is 12. The van der Waals surface area contributed by atoms with Gasteiger partial charge in [-0.3, -0.25) is 4.79 Å². The maximum atomic E-state index is 12.3. The summed E-state index contributed by atoms with van der Waals surface area (Å²) in [7, 11) is 0. The number of hydrogen-bond acceptors (Lipinski definition) is 20. The maximum Gasteiger partial charge on any atom is 0.217 e. The summed E-state index contributed by atoms with van der Waals surface area (Å²) in [5.41, 5.74) is 0. The molecule has 4 aliphatic heterocycles. The normalized spacial score (nSPS) is 49.4. The van der Waals surface area contributed by atoms with Crippen molar-refractivity contribution in [1.82, 2.24) is 5.32 Å². The van der Waals surface area contributed by atoms with E-state index in [0.717, 1.165) is 6.92 Å². The fourth-order valence-electron chi connectivity index (χ4n) is 5.91. The van der Waals surface area contributed by atoms with Crippen LogP contribution in [0.5, 0.6) is 0 Å². The Kier molecular flexibility index (Phi) is 13.6. The van der Waals surface area contributed by atoms with E-state index in [1.165, 1.54) is 0 Å². The van der Waals surface area contributed by atoms with E-state index in [1.54, 1.807) is 0 Å². The number of rotatable bonds is 11. The van der Waals surface area contributed by atoms with E-state index in [-0.39, 0.29) is 6.42 Å². The molecular weight excluding hydrogens is 646 g/mol. The molecule has 0 bridgehead atoms. The first-order valence-corrected chi connectivity index (χ1v) is 15.0. The molecule has 21 nitrogen and oxygen atoms in total. The van der Waals surface area contributed by atoms with Gasteiger partial charge in [0.2, 0.25) is 5.91 Å². The molecule has 4 fully saturated rings. The molecule has 0 aliphatic carbocycles. The van der Waals surface area contributed by atoms with Crippen molar-refractivity contribution >= 4 is 5.91 Å². The lowest BCUT2D eigenvalue weighted by atomic mass is 9.94. The molecule has 21 heteroatoms. The third-order valence-corrected chi connectivity index (χ3v) is 8.47.